The minimum atomic E-state index is -6.04. The van der Waals surface area contributed by atoms with Crippen LogP contribution in [-0.4, -0.2) is 78.5 Å². The molecule has 0 aromatic heterocycles. The van der Waals surface area contributed by atoms with Crippen LogP contribution >= 0.6 is 23.5 Å². The van der Waals surface area contributed by atoms with Gasteiger partial charge in [-0.15, -0.1) is 0 Å². The van der Waals surface area contributed by atoms with Gasteiger partial charge in [0, 0.05) is 0 Å². The summed E-state index contributed by atoms with van der Waals surface area (Å²) in [6, 6.07) is 0. The van der Waals surface area contributed by atoms with Gasteiger partial charge in [0.25, 0.3) is 23.5 Å². The first-order valence-corrected chi connectivity index (χ1v) is 14.1. The molecule has 0 aromatic rings. The summed E-state index contributed by atoms with van der Waals surface area (Å²) in [5.41, 5.74) is 0. The summed E-state index contributed by atoms with van der Waals surface area (Å²) in [5, 5.41) is 19.3. The number of aliphatic hydroxyl groups is 2. The third kappa shape index (κ3) is 9.13. The lowest BCUT2D eigenvalue weighted by atomic mass is 10.1. The Hall–Kier alpha value is 0.170. The van der Waals surface area contributed by atoms with Crippen molar-refractivity contribution >= 4 is 23.5 Å². The molecule has 0 spiro atoms. The number of fused-ring (bicyclic) bond motifs is 1. The Labute approximate surface area is 210 Å². The molecule has 19 heteroatoms. The molecule has 16 nitrogen and oxygen atoms in total. The second kappa shape index (κ2) is 13.5. The second-order valence-electron chi connectivity index (χ2n) is 7.61. The zero-order valence-electron chi connectivity index (χ0n) is 17.6. The first-order valence-electron chi connectivity index (χ1n) is 9.72. The van der Waals surface area contributed by atoms with Gasteiger partial charge in [-0.3, -0.25) is 13.7 Å². The zero-order valence-corrected chi connectivity index (χ0v) is 20.2. The molecule has 7 unspecified atom stereocenters. The van der Waals surface area contributed by atoms with Gasteiger partial charge >= 0.3 is 0 Å². The third-order valence-electron chi connectivity index (χ3n) is 5.03. The zero-order chi connectivity index (χ0) is 24.8. The molecule has 0 aliphatic carbocycles. The van der Waals surface area contributed by atoms with Crippen molar-refractivity contribution in [3.05, 3.63) is 0 Å². The standard InChI is InChI=1S/C14H27O16P3.3CH4/c1-6-11(15)12(16)9(25-6)4-23-31(17,18)29-33(21,22)30-32(19,20)24-5-10-14-13(7(2)26-10)27-8(3)28-14;;;/h6-16H,4-5H2,1-3H3,(H,17,18)(H,19,20)(H,21,22);3*1H4/p-3/t6-,7-,8?,9+,10+,11?,12?,13?,14-;;;/m0.../s1. The van der Waals surface area contributed by atoms with E-state index in [4.69, 9.17) is 18.9 Å². The smallest absolute Gasteiger partial charge is 0.280 e. The highest BCUT2D eigenvalue weighted by atomic mass is 31.3. The van der Waals surface area contributed by atoms with Crippen molar-refractivity contribution < 1.29 is 75.2 Å². The largest absolute Gasteiger partial charge is 0.756 e. The van der Waals surface area contributed by atoms with E-state index < -0.39 is 91.8 Å². The molecule has 0 saturated carbocycles. The van der Waals surface area contributed by atoms with Crippen molar-refractivity contribution in [1.82, 2.24) is 0 Å². The lowest BCUT2D eigenvalue weighted by Gasteiger charge is -2.35. The maximum Gasteiger partial charge on any atom is 0.280 e. The first kappa shape index (κ1) is 36.2. The van der Waals surface area contributed by atoms with Gasteiger partial charge in [-0.1, -0.05) is 22.3 Å². The van der Waals surface area contributed by atoms with Crippen LogP contribution in [0.2, 0.25) is 0 Å². The maximum atomic E-state index is 11.9. The Bertz CT molecular complexity index is 843. The van der Waals surface area contributed by atoms with Crippen molar-refractivity contribution in [1.29, 1.82) is 0 Å². The predicted octanol–water partition coefficient (Wildman–Crippen LogP) is -0.207. The number of hydrogen-bond acceptors (Lipinski definition) is 16. The Morgan fingerprint density at radius 1 is 0.667 bits per heavy atom. The topological polar surface area (TPSA) is 235 Å². The summed E-state index contributed by atoms with van der Waals surface area (Å²) in [5.74, 6) is 0. The molecule has 0 radical (unpaired) electrons. The molecule has 218 valence electrons. The minimum absolute atomic E-state index is 0. The van der Waals surface area contributed by atoms with Gasteiger partial charge in [-0.25, -0.2) is 8.62 Å². The highest BCUT2D eigenvalue weighted by Crippen LogP contribution is 2.63. The normalized spacial score (nSPS) is 40.5. The Balaban J connectivity index is 0.00000408. The lowest BCUT2D eigenvalue weighted by Crippen LogP contribution is -2.34. The Morgan fingerprint density at radius 3 is 1.58 bits per heavy atom. The molecule has 0 amide bonds. The van der Waals surface area contributed by atoms with Crippen LogP contribution in [0.25, 0.3) is 0 Å². The van der Waals surface area contributed by atoms with Gasteiger partial charge in [0.2, 0.25) is 0 Å². The fourth-order valence-electron chi connectivity index (χ4n) is 3.58. The van der Waals surface area contributed by atoms with Crippen LogP contribution in [0, 0.1) is 0 Å². The molecule has 36 heavy (non-hydrogen) atoms. The van der Waals surface area contributed by atoms with Crippen LogP contribution < -0.4 is 14.7 Å². The van der Waals surface area contributed by atoms with Crippen molar-refractivity contribution in [3.8, 4) is 0 Å². The predicted molar refractivity (Wildman–Crippen MR) is 117 cm³/mol. The van der Waals surface area contributed by atoms with Crippen LogP contribution in [0.5, 0.6) is 0 Å². The van der Waals surface area contributed by atoms with E-state index >= 15 is 0 Å². The minimum Gasteiger partial charge on any atom is -0.756 e. The van der Waals surface area contributed by atoms with Crippen molar-refractivity contribution in [3.63, 3.8) is 0 Å². The Morgan fingerprint density at radius 2 is 1.11 bits per heavy atom. The van der Waals surface area contributed by atoms with E-state index in [2.05, 4.69) is 17.7 Å². The maximum absolute atomic E-state index is 11.9. The third-order valence-corrected chi connectivity index (χ3v) is 9.17. The summed E-state index contributed by atoms with van der Waals surface area (Å²) in [4.78, 5) is 35.4. The molecule has 3 saturated heterocycles. The van der Waals surface area contributed by atoms with Crippen LogP contribution in [-0.2, 0) is 50.3 Å². The SMILES string of the molecule is C.C.C.CC1OC2[C@H](C)O[C@H](COP(=O)([O-])OP(=O)([O-])OP(=O)([O-])OC[C@H]3O[C@@H](C)C(O)C3O)[C@@H]2O1. The molecule has 3 aliphatic heterocycles. The molecule has 3 heterocycles. The van der Waals surface area contributed by atoms with Gasteiger partial charge in [-0.2, -0.15) is 0 Å². The number of aliphatic hydroxyl groups excluding tert-OH is 2. The number of rotatable bonds is 10. The second-order valence-corrected chi connectivity index (χ2v) is 12.1. The van der Waals surface area contributed by atoms with Crippen LogP contribution in [0.15, 0.2) is 0 Å². The first-order chi connectivity index (χ1) is 15.1. The molecule has 3 aliphatic rings. The van der Waals surface area contributed by atoms with Crippen molar-refractivity contribution in [2.75, 3.05) is 13.2 Å². The molecule has 2 N–H and O–H groups in total. The van der Waals surface area contributed by atoms with Crippen LogP contribution in [0.1, 0.15) is 43.1 Å². The average Bonchev–Trinajstić information content (AvgIpc) is 3.26. The monoisotopic (exact) mass is 589 g/mol. The van der Waals surface area contributed by atoms with E-state index in [0.29, 0.717) is 0 Å². The summed E-state index contributed by atoms with van der Waals surface area (Å²) >= 11 is 0. The van der Waals surface area contributed by atoms with Crippen LogP contribution in [0.3, 0.4) is 0 Å². The van der Waals surface area contributed by atoms with E-state index in [-0.39, 0.29) is 22.3 Å². The average molecular weight is 589 g/mol. The van der Waals surface area contributed by atoms with Crippen LogP contribution in [0.4, 0.5) is 0 Å². The number of ether oxygens (including phenoxy) is 4. The van der Waals surface area contributed by atoms with Gasteiger partial charge < -0.3 is 52.9 Å². The highest BCUT2D eigenvalue weighted by molar-refractivity contribution is 7.65. The molecular formula is C17H36O16P3-3. The molecule has 3 fully saturated rings. The van der Waals surface area contributed by atoms with Gasteiger partial charge in [0.1, 0.15) is 36.6 Å². The number of hydrogen-bond donors (Lipinski definition) is 2. The highest BCUT2D eigenvalue weighted by Gasteiger charge is 2.50. The number of phosphoric ester groups is 2. The van der Waals surface area contributed by atoms with Gasteiger partial charge in [0.05, 0.1) is 25.4 Å². The quantitative estimate of drug-likeness (QED) is 0.314. The lowest BCUT2D eigenvalue weighted by molar-refractivity contribution is -0.252. The summed E-state index contributed by atoms with van der Waals surface area (Å²) in [6.45, 7) is 3.06. The Kier molecular flexibility index (Phi) is 13.6. The fourth-order valence-corrected chi connectivity index (χ4v) is 6.96. The summed E-state index contributed by atoms with van der Waals surface area (Å²) < 4.78 is 73.1. The van der Waals surface area contributed by atoms with E-state index in [9.17, 15) is 38.6 Å². The van der Waals surface area contributed by atoms with Gasteiger partial charge in [-0.05, 0) is 20.8 Å². The molecular weight excluding hydrogens is 553 g/mol. The van der Waals surface area contributed by atoms with Crippen molar-refractivity contribution in [2.45, 2.75) is 98.2 Å². The fraction of sp³-hybridized carbons (Fsp3) is 1.00. The molecule has 12 atom stereocenters. The summed E-state index contributed by atoms with van der Waals surface area (Å²) in [6.07, 6.45) is -8.10. The molecule has 3 rings (SSSR count). The van der Waals surface area contributed by atoms with E-state index in [0.717, 1.165) is 0 Å². The molecule has 0 bridgehead atoms. The summed E-state index contributed by atoms with van der Waals surface area (Å²) in [7, 11) is -17.4. The number of phosphoric acid groups is 3. The van der Waals surface area contributed by atoms with Gasteiger partial charge in [0.15, 0.2) is 6.29 Å². The van der Waals surface area contributed by atoms with E-state index in [1.165, 1.54) is 6.92 Å². The van der Waals surface area contributed by atoms with E-state index in [1.54, 1.807) is 13.8 Å². The molecule has 0 aromatic carbocycles. The van der Waals surface area contributed by atoms with E-state index in [1.807, 2.05) is 0 Å². The van der Waals surface area contributed by atoms with Crippen molar-refractivity contribution in [2.24, 2.45) is 0 Å².